The zero-order valence-corrected chi connectivity index (χ0v) is 15.9. The van der Waals surface area contributed by atoms with Crippen molar-refractivity contribution in [2.24, 2.45) is 5.92 Å². The Hall–Kier alpha value is -2.13. The van der Waals surface area contributed by atoms with Crippen LogP contribution >= 0.6 is 0 Å². The van der Waals surface area contributed by atoms with Gasteiger partial charge in [0.25, 0.3) is 0 Å². The lowest BCUT2D eigenvalue weighted by Gasteiger charge is -2.32. The summed E-state index contributed by atoms with van der Waals surface area (Å²) >= 11 is 0. The minimum atomic E-state index is 0.119. The number of aryl methyl sites for hydroxylation is 1. The van der Waals surface area contributed by atoms with Gasteiger partial charge in [0.1, 0.15) is 0 Å². The highest BCUT2D eigenvalue weighted by atomic mass is 16.1. The summed E-state index contributed by atoms with van der Waals surface area (Å²) < 4.78 is 0. The zero-order valence-electron chi connectivity index (χ0n) is 15.9. The average molecular weight is 351 g/mol. The SMILES string of the molecule is CCC(NC(=O)C1CCN(Cc2cccc(C)c2)CC1)c1ccccc1. The van der Waals surface area contributed by atoms with Crippen LogP contribution in [0.1, 0.15) is 48.9 Å². The quantitative estimate of drug-likeness (QED) is 0.833. The standard InChI is InChI=1S/C23H30N2O/c1-3-22(20-10-5-4-6-11-20)24-23(26)21-12-14-25(15-13-21)17-19-9-7-8-18(2)16-19/h4-11,16,21-22H,3,12-15,17H2,1-2H3,(H,24,26). The second-order valence-corrected chi connectivity index (χ2v) is 7.42. The predicted octanol–water partition coefficient (Wildman–Crippen LogP) is 4.47. The molecule has 1 N–H and O–H groups in total. The van der Waals surface area contributed by atoms with E-state index < -0.39 is 0 Å². The van der Waals surface area contributed by atoms with Crippen molar-refractivity contribution in [3.05, 3.63) is 71.3 Å². The molecule has 1 fully saturated rings. The van der Waals surface area contributed by atoms with E-state index in [0.29, 0.717) is 0 Å². The van der Waals surface area contributed by atoms with Crippen LogP contribution in [0.2, 0.25) is 0 Å². The Morgan fingerprint density at radius 1 is 1.12 bits per heavy atom. The lowest BCUT2D eigenvalue weighted by Crippen LogP contribution is -2.41. The number of carbonyl (C=O) groups excluding carboxylic acids is 1. The monoisotopic (exact) mass is 350 g/mol. The topological polar surface area (TPSA) is 32.3 Å². The number of piperidine rings is 1. The van der Waals surface area contributed by atoms with Crippen LogP contribution in [-0.2, 0) is 11.3 Å². The minimum absolute atomic E-state index is 0.119. The Kier molecular flexibility index (Phi) is 6.45. The molecule has 1 amide bonds. The van der Waals surface area contributed by atoms with Crippen LogP contribution in [0.15, 0.2) is 54.6 Å². The van der Waals surface area contributed by atoms with E-state index in [2.05, 4.69) is 60.5 Å². The van der Waals surface area contributed by atoms with Crippen molar-refractivity contribution in [3.63, 3.8) is 0 Å². The third-order valence-electron chi connectivity index (χ3n) is 5.37. The summed E-state index contributed by atoms with van der Waals surface area (Å²) in [5.74, 6) is 0.359. The van der Waals surface area contributed by atoms with Crippen LogP contribution < -0.4 is 5.32 Å². The van der Waals surface area contributed by atoms with Gasteiger partial charge in [-0.25, -0.2) is 0 Å². The van der Waals surface area contributed by atoms with E-state index >= 15 is 0 Å². The van der Waals surface area contributed by atoms with E-state index in [4.69, 9.17) is 0 Å². The third kappa shape index (κ3) is 4.95. The lowest BCUT2D eigenvalue weighted by atomic mass is 9.94. The number of hydrogen-bond donors (Lipinski definition) is 1. The van der Waals surface area contributed by atoms with Gasteiger partial charge in [0, 0.05) is 12.5 Å². The molecule has 3 heteroatoms. The molecule has 2 aromatic rings. The second kappa shape index (κ2) is 9.00. The van der Waals surface area contributed by atoms with Gasteiger partial charge in [-0.05, 0) is 50.4 Å². The van der Waals surface area contributed by atoms with Crippen molar-refractivity contribution < 1.29 is 4.79 Å². The molecule has 1 aliphatic rings. The molecule has 1 saturated heterocycles. The summed E-state index contributed by atoms with van der Waals surface area (Å²) in [5.41, 5.74) is 3.87. The molecule has 0 aliphatic carbocycles. The lowest BCUT2D eigenvalue weighted by molar-refractivity contribution is -0.127. The molecule has 0 radical (unpaired) electrons. The van der Waals surface area contributed by atoms with Crippen LogP contribution in [0.4, 0.5) is 0 Å². The van der Waals surface area contributed by atoms with E-state index in [1.54, 1.807) is 0 Å². The molecule has 1 aliphatic heterocycles. The van der Waals surface area contributed by atoms with Gasteiger partial charge in [-0.15, -0.1) is 0 Å². The Bertz CT molecular complexity index is 705. The molecule has 2 aromatic carbocycles. The number of rotatable bonds is 6. The largest absolute Gasteiger partial charge is 0.349 e. The molecule has 0 saturated carbocycles. The van der Waals surface area contributed by atoms with Crippen molar-refractivity contribution >= 4 is 5.91 Å². The van der Waals surface area contributed by atoms with Crippen molar-refractivity contribution in [2.45, 2.75) is 45.7 Å². The van der Waals surface area contributed by atoms with E-state index in [1.807, 2.05) is 18.2 Å². The highest BCUT2D eigenvalue weighted by Gasteiger charge is 2.26. The highest BCUT2D eigenvalue weighted by molar-refractivity contribution is 5.79. The molecule has 1 unspecified atom stereocenters. The van der Waals surface area contributed by atoms with Gasteiger partial charge in [-0.1, -0.05) is 67.1 Å². The first-order chi connectivity index (χ1) is 12.7. The first-order valence-electron chi connectivity index (χ1n) is 9.79. The summed E-state index contributed by atoms with van der Waals surface area (Å²) in [6.07, 6.45) is 2.81. The fourth-order valence-electron chi connectivity index (χ4n) is 3.82. The number of amides is 1. The number of nitrogens with one attached hydrogen (secondary N) is 1. The van der Waals surface area contributed by atoms with Crippen LogP contribution in [0, 0.1) is 12.8 Å². The number of benzene rings is 2. The first-order valence-corrected chi connectivity index (χ1v) is 9.79. The smallest absolute Gasteiger partial charge is 0.223 e. The zero-order chi connectivity index (χ0) is 18.4. The van der Waals surface area contributed by atoms with E-state index in [-0.39, 0.29) is 17.9 Å². The summed E-state index contributed by atoms with van der Waals surface area (Å²) in [6.45, 7) is 7.24. The molecule has 138 valence electrons. The minimum Gasteiger partial charge on any atom is -0.349 e. The molecule has 3 nitrogen and oxygen atoms in total. The average Bonchev–Trinajstić information content (AvgIpc) is 2.67. The maximum absolute atomic E-state index is 12.7. The summed E-state index contributed by atoms with van der Waals surface area (Å²) in [6, 6.07) is 19.1. The second-order valence-electron chi connectivity index (χ2n) is 7.42. The molecular weight excluding hydrogens is 320 g/mol. The molecule has 0 spiro atoms. The molecular formula is C23H30N2O. The van der Waals surface area contributed by atoms with Crippen LogP contribution in [0.25, 0.3) is 0 Å². The fourth-order valence-corrected chi connectivity index (χ4v) is 3.82. The molecule has 3 rings (SSSR count). The van der Waals surface area contributed by atoms with Crippen LogP contribution in [0.3, 0.4) is 0 Å². The molecule has 0 aromatic heterocycles. The molecule has 0 bridgehead atoms. The normalized spacial score (nSPS) is 17.0. The van der Waals surface area contributed by atoms with Crippen molar-refractivity contribution in [2.75, 3.05) is 13.1 Å². The van der Waals surface area contributed by atoms with Crippen molar-refractivity contribution in [1.82, 2.24) is 10.2 Å². The Morgan fingerprint density at radius 2 is 1.85 bits per heavy atom. The third-order valence-corrected chi connectivity index (χ3v) is 5.37. The maximum atomic E-state index is 12.7. The Morgan fingerprint density at radius 3 is 2.50 bits per heavy atom. The highest BCUT2D eigenvalue weighted by Crippen LogP contribution is 2.22. The summed E-state index contributed by atoms with van der Waals surface area (Å²) in [4.78, 5) is 15.2. The number of nitrogens with zero attached hydrogens (tertiary/aromatic N) is 1. The number of hydrogen-bond acceptors (Lipinski definition) is 2. The number of carbonyl (C=O) groups is 1. The summed E-state index contributed by atoms with van der Waals surface area (Å²) in [7, 11) is 0. The van der Waals surface area contributed by atoms with Gasteiger partial charge in [0.05, 0.1) is 6.04 Å². The van der Waals surface area contributed by atoms with E-state index in [9.17, 15) is 4.79 Å². The molecule has 26 heavy (non-hydrogen) atoms. The fraction of sp³-hybridized carbons (Fsp3) is 0.435. The molecule has 1 heterocycles. The van der Waals surface area contributed by atoms with Gasteiger partial charge in [-0.3, -0.25) is 9.69 Å². The van der Waals surface area contributed by atoms with E-state index in [1.165, 1.54) is 16.7 Å². The van der Waals surface area contributed by atoms with Gasteiger partial charge in [0.2, 0.25) is 5.91 Å². The van der Waals surface area contributed by atoms with Crippen molar-refractivity contribution in [1.29, 1.82) is 0 Å². The van der Waals surface area contributed by atoms with E-state index in [0.717, 1.165) is 38.9 Å². The van der Waals surface area contributed by atoms with Gasteiger partial charge in [0.15, 0.2) is 0 Å². The Labute approximate surface area is 157 Å². The first kappa shape index (κ1) is 18.7. The predicted molar refractivity (Wildman–Crippen MR) is 107 cm³/mol. The van der Waals surface area contributed by atoms with Gasteiger partial charge >= 0.3 is 0 Å². The number of likely N-dealkylation sites (tertiary alicyclic amines) is 1. The maximum Gasteiger partial charge on any atom is 0.223 e. The van der Waals surface area contributed by atoms with Crippen molar-refractivity contribution in [3.8, 4) is 0 Å². The van der Waals surface area contributed by atoms with Gasteiger partial charge in [-0.2, -0.15) is 0 Å². The van der Waals surface area contributed by atoms with Crippen LogP contribution in [0.5, 0.6) is 0 Å². The Balaban J connectivity index is 1.50. The molecule has 1 atom stereocenters. The summed E-state index contributed by atoms with van der Waals surface area (Å²) in [5, 5.41) is 3.27. The van der Waals surface area contributed by atoms with Crippen LogP contribution in [-0.4, -0.2) is 23.9 Å². The van der Waals surface area contributed by atoms with Gasteiger partial charge < -0.3 is 5.32 Å².